The van der Waals surface area contributed by atoms with Crippen LogP contribution in [0.25, 0.3) is 0 Å². The van der Waals surface area contributed by atoms with Gasteiger partial charge in [-0.25, -0.2) is 4.39 Å². The van der Waals surface area contributed by atoms with E-state index in [1.54, 1.807) is 0 Å². The van der Waals surface area contributed by atoms with E-state index >= 15 is 0 Å². The molecule has 0 radical (unpaired) electrons. The zero-order valence-electron chi connectivity index (χ0n) is 11.2. The number of nitrogens with one attached hydrogen (secondary N) is 1. The molecule has 0 aromatic heterocycles. The number of amides is 3. The number of benzene rings is 1. The molecule has 0 spiro atoms. The summed E-state index contributed by atoms with van der Waals surface area (Å²) in [5.74, 6) is -2.58. The average molecular weight is 307 g/mol. The molecule has 1 unspecified atom stereocenters. The first-order chi connectivity index (χ1) is 10.4. The highest BCUT2D eigenvalue weighted by Gasteiger charge is 2.42. The van der Waals surface area contributed by atoms with Gasteiger partial charge in [-0.15, -0.1) is 0 Å². The Morgan fingerprint density at radius 3 is 2.68 bits per heavy atom. The van der Waals surface area contributed by atoms with Crippen LogP contribution in [0.3, 0.4) is 0 Å². The number of hydrogen-bond acceptors (Lipinski definition) is 5. The standard InChI is InChI=1S/C13H10FN3O5/c14-6-3-7-8(10(4-6)17(21)22)5-16(13(7)20)9-1-2-11(18)15-12(9)19/h3-4,9H,1-2,5H2,(H,15,18,19). The van der Waals surface area contributed by atoms with Gasteiger partial charge in [0.15, 0.2) is 0 Å². The van der Waals surface area contributed by atoms with Crippen molar-refractivity contribution in [2.24, 2.45) is 0 Å². The molecule has 1 aromatic rings. The molecule has 0 aliphatic carbocycles. The summed E-state index contributed by atoms with van der Waals surface area (Å²) in [4.78, 5) is 46.7. The minimum atomic E-state index is -0.889. The molecule has 22 heavy (non-hydrogen) atoms. The number of hydrogen-bond donors (Lipinski definition) is 1. The number of nitro groups is 1. The van der Waals surface area contributed by atoms with Gasteiger partial charge in [-0.3, -0.25) is 29.8 Å². The molecule has 0 saturated carbocycles. The van der Waals surface area contributed by atoms with Crippen molar-refractivity contribution in [2.45, 2.75) is 25.4 Å². The van der Waals surface area contributed by atoms with Crippen LogP contribution < -0.4 is 5.32 Å². The molecule has 3 amide bonds. The van der Waals surface area contributed by atoms with Crippen LogP contribution in [0.5, 0.6) is 0 Å². The molecular weight excluding hydrogens is 297 g/mol. The maximum Gasteiger partial charge on any atom is 0.278 e. The number of rotatable bonds is 2. The van der Waals surface area contributed by atoms with Crippen molar-refractivity contribution in [3.05, 3.63) is 39.2 Å². The number of fused-ring (bicyclic) bond motifs is 1. The van der Waals surface area contributed by atoms with Gasteiger partial charge in [0.25, 0.3) is 11.6 Å². The molecule has 1 fully saturated rings. The molecule has 1 aromatic carbocycles. The van der Waals surface area contributed by atoms with Gasteiger partial charge >= 0.3 is 0 Å². The van der Waals surface area contributed by atoms with E-state index in [1.807, 2.05) is 0 Å². The van der Waals surface area contributed by atoms with Gasteiger partial charge < -0.3 is 4.90 Å². The highest BCUT2D eigenvalue weighted by atomic mass is 19.1. The van der Waals surface area contributed by atoms with Gasteiger partial charge in [0.05, 0.1) is 28.7 Å². The average Bonchev–Trinajstić information content (AvgIpc) is 2.75. The van der Waals surface area contributed by atoms with E-state index in [9.17, 15) is 28.9 Å². The number of nitrogens with zero attached hydrogens (tertiary/aromatic N) is 2. The van der Waals surface area contributed by atoms with E-state index in [0.29, 0.717) is 0 Å². The third-order valence-electron chi connectivity index (χ3n) is 3.79. The van der Waals surface area contributed by atoms with Crippen molar-refractivity contribution in [2.75, 3.05) is 0 Å². The molecule has 114 valence electrons. The third-order valence-corrected chi connectivity index (χ3v) is 3.79. The summed E-state index contributed by atoms with van der Waals surface area (Å²) in [7, 11) is 0. The van der Waals surface area contributed by atoms with Crippen LogP contribution in [0.2, 0.25) is 0 Å². The highest BCUT2D eigenvalue weighted by molar-refractivity contribution is 6.05. The van der Waals surface area contributed by atoms with Crippen molar-refractivity contribution in [1.82, 2.24) is 10.2 Å². The highest BCUT2D eigenvalue weighted by Crippen LogP contribution is 2.34. The van der Waals surface area contributed by atoms with Crippen molar-refractivity contribution in [1.29, 1.82) is 0 Å². The van der Waals surface area contributed by atoms with Crippen LogP contribution >= 0.6 is 0 Å². The van der Waals surface area contributed by atoms with Crippen LogP contribution in [0.15, 0.2) is 12.1 Å². The fourth-order valence-electron chi connectivity index (χ4n) is 2.77. The lowest BCUT2D eigenvalue weighted by molar-refractivity contribution is -0.385. The van der Waals surface area contributed by atoms with Gasteiger partial charge in [0.1, 0.15) is 11.9 Å². The first kappa shape index (κ1) is 14.1. The van der Waals surface area contributed by atoms with Crippen molar-refractivity contribution >= 4 is 23.4 Å². The molecular formula is C13H10FN3O5. The Morgan fingerprint density at radius 1 is 1.32 bits per heavy atom. The van der Waals surface area contributed by atoms with Gasteiger partial charge in [-0.05, 0) is 12.5 Å². The molecule has 2 aliphatic rings. The summed E-state index contributed by atoms with van der Waals surface area (Å²) in [6, 6.07) is 0.789. The van der Waals surface area contributed by atoms with Crippen LogP contribution in [0.1, 0.15) is 28.8 Å². The second-order valence-electron chi connectivity index (χ2n) is 5.11. The zero-order chi connectivity index (χ0) is 16.0. The molecule has 1 saturated heterocycles. The molecule has 8 nitrogen and oxygen atoms in total. The predicted molar refractivity (Wildman–Crippen MR) is 69.1 cm³/mol. The monoisotopic (exact) mass is 307 g/mol. The van der Waals surface area contributed by atoms with Crippen molar-refractivity contribution in [3.63, 3.8) is 0 Å². The molecule has 2 heterocycles. The predicted octanol–water partition coefficient (Wildman–Crippen LogP) is 0.495. The topological polar surface area (TPSA) is 110 Å². The van der Waals surface area contributed by atoms with E-state index < -0.39 is 40.2 Å². The number of piperidine rings is 1. The fourth-order valence-corrected chi connectivity index (χ4v) is 2.77. The second-order valence-corrected chi connectivity index (χ2v) is 5.11. The van der Waals surface area contributed by atoms with Crippen LogP contribution in [-0.4, -0.2) is 33.6 Å². The maximum absolute atomic E-state index is 13.5. The normalized spacial score (nSPS) is 20.9. The van der Waals surface area contributed by atoms with E-state index in [-0.39, 0.29) is 30.5 Å². The molecule has 1 N–H and O–H groups in total. The molecule has 0 bridgehead atoms. The summed E-state index contributed by atoms with van der Waals surface area (Å²) in [6.07, 6.45) is 0.216. The lowest BCUT2D eigenvalue weighted by Crippen LogP contribution is -2.52. The van der Waals surface area contributed by atoms with Gasteiger partial charge in [0, 0.05) is 6.42 Å². The maximum atomic E-state index is 13.5. The van der Waals surface area contributed by atoms with E-state index in [2.05, 4.69) is 5.32 Å². The Balaban J connectivity index is 1.98. The summed E-state index contributed by atoms with van der Waals surface area (Å²) in [6.45, 7) is -0.156. The Hall–Kier alpha value is -2.84. The van der Waals surface area contributed by atoms with Crippen LogP contribution in [0, 0.1) is 15.9 Å². The SMILES string of the molecule is O=C1CCC(N2Cc3c(cc(F)cc3[N+](=O)[O-])C2=O)C(=O)N1. The molecule has 1 atom stereocenters. The number of nitro benzene ring substituents is 1. The summed E-state index contributed by atoms with van der Waals surface area (Å²) < 4.78 is 13.5. The number of halogens is 1. The Labute approximate surface area is 123 Å². The number of carbonyl (C=O) groups is 3. The molecule has 9 heteroatoms. The van der Waals surface area contributed by atoms with Crippen LogP contribution in [-0.2, 0) is 16.1 Å². The smallest absolute Gasteiger partial charge is 0.278 e. The number of carbonyl (C=O) groups excluding carboxylic acids is 3. The van der Waals surface area contributed by atoms with E-state index in [0.717, 1.165) is 17.0 Å². The minimum Gasteiger partial charge on any atom is -0.322 e. The summed E-state index contributed by atoms with van der Waals surface area (Å²) in [5, 5.41) is 13.1. The minimum absolute atomic E-state index is 0.0764. The van der Waals surface area contributed by atoms with E-state index in [4.69, 9.17) is 0 Å². The van der Waals surface area contributed by atoms with Gasteiger partial charge in [-0.2, -0.15) is 0 Å². The Bertz CT molecular complexity index is 733. The zero-order valence-corrected chi connectivity index (χ0v) is 11.2. The lowest BCUT2D eigenvalue weighted by Gasteiger charge is -2.29. The first-order valence-electron chi connectivity index (χ1n) is 6.50. The Kier molecular flexibility index (Phi) is 3.12. The summed E-state index contributed by atoms with van der Waals surface area (Å²) in [5.41, 5.74) is -0.518. The van der Waals surface area contributed by atoms with Crippen molar-refractivity contribution < 1.29 is 23.7 Å². The third kappa shape index (κ3) is 2.10. The summed E-state index contributed by atoms with van der Waals surface area (Å²) >= 11 is 0. The number of imide groups is 1. The molecule has 2 aliphatic heterocycles. The Morgan fingerprint density at radius 2 is 2.05 bits per heavy atom. The van der Waals surface area contributed by atoms with Crippen molar-refractivity contribution in [3.8, 4) is 0 Å². The second kappa shape index (κ2) is 4.86. The van der Waals surface area contributed by atoms with Crippen LogP contribution in [0.4, 0.5) is 10.1 Å². The fraction of sp³-hybridized carbons (Fsp3) is 0.308. The van der Waals surface area contributed by atoms with E-state index in [1.165, 1.54) is 0 Å². The first-order valence-corrected chi connectivity index (χ1v) is 6.50. The largest absolute Gasteiger partial charge is 0.322 e. The van der Waals surface area contributed by atoms with Gasteiger partial charge in [0.2, 0.25) is 11.8 Å². The molecule has 3 rings (SSSR count). The lowest BCUT2D eigenvalue weighted by atomic mass is 10.0. The van der Waals surface area contributed by atoms with Gasteiger partial charge in [-0.1, -0.05) is 0 Å². The quantitative estimate of drug-likeness (QED) is 0.486.